The lowest BCUT2D eigenvalue weighted by atomic mass is 10.2. The maximum Gasteiger partial charge on any atom is 0.420 e. The molecule has 10 heteroatoms. The Labute approximate surface area is 173 Å². The molecule has 160 valence electrons. The summed E-state index contributed by atoms with van der Waals surface area (Å²) in [6.45, 7) is 3.59. The first-order chi connectivity index (χ1) is 14.2. The molecule has 3 rings (SSSR count). The van der Waals surface area contributed by atoms with Gasteiger partial charge in [-0.3, -0.25) is 9.36 Å². The monoisotopic (exact) mass is 434 g/mol. The van der Waals surface area contributed by atoms with Crippen molar-refractivity contribution in [3.63, 3.8) is 0 Å². The summed E-state index contributed by atoms with van der Waals surface area (Å²) in [7, 11) is -2.65. The third-order valence-corrected chi connectivity index (χ3v) is 5.63. The van der Waals surface area contributed by atoms with E-state index in [1.165, 1.54) is 25.3 Å². The van der Waals surface area contributed by atoms with E-state index in [2.05, 4.69) is 9.46 Å². The summed E-state index contributed by atoms with van der Waals surface area (Å²) in [6, 6.07) is 11.1. The number of rotatable bonds is 8. The minimum atomic E-state index is -3.85. The van der Waals surface area contributed by atoms with Gasteiger partial charge in [0.1, 0.15) is 12.3 Å². The molecule has 0 aliphatic rings. The molecule has 0 atom stereocenters. The van der Waals surface area contributed by atoms with E-state index >= 15 is 0 Å². The lowest BCUT2D eigenvalue weighted by Gasteiger charge is -2.11. The molecule has 30 heavy (non-hydrogen) atoms. The molecular formula is C20H22N2O7S. The van der Waals surface area contributed by atoms with Crippen LogP contribution in [0, 0.1) is 0 Å². The maximum atomic E-state index is 12.6. The molecule has 0 radical (unpaired) electrons. The largest absolute Gasteiger partial charge is 0.491 e. The zero-order valence-corrected chi connectivity index (χ0v) is 17.6. The summed E-state index contributed by atoms with van der Waals surface area (Å²) in [4.78, 5) is 23.4. The van der Waals surface area contributed by atoms with Gasteiger partial charge in [0, 0.05) is 12.6 Å². The lowest BCUT2D eigenvalue weighted by molar-refractivity contribution is -0.141. The summed E-state index contributed by atoms with van der Waals surface area (Å²) in [5, 5.41) is 0. The van der Waals surface area contributed by atoms with Crippen LogP contribution in [0.5, 0.6) is 5.75 Å². The number of nitrogens with zero attached hydrogens (tertiary/aromatic N) is 1. The molecule has 0 unspecified atom stereocenters. The third-order valence-electron chi connectivity index (χ3n) is 4.23. The van der Waals surface area contributed by atoms with Crippen LogP contribution in [-0.4, -0.2) is 32.2 Å². The fourth-order valence-corrected chi connectivity index (χ4v) is 3.81. The Morgan fingerprint density at radius 1 is 1.17 bits per heavy atom. The zero-order valence-electron chi connectivity index (χ0n) is 16.7. The Balaban J connectivity index is 1.77. The summed E-state index contributed by atoms with van der Waals surface area (Å²) in [6.07, 6.45) is 0.0480. The van der Waals surface area contributed by atoms with Crippen LogP contribution >= 0.6 is 0 Å². The third kappa shape index (κ3) is 4.89. The second kappa shape index (κ2) is 8.72. The first-order valence-electron chi connectivity index (χ1n) is 9.15. The molecule has 2 aromatic carbocycles. The molecule has 0 saturated carbocycles. The number of esters is 1. The molecule has 0 bridgehead atoms. The molecule has 0 saturated heterocycles. The van der Waals surface area contributed by atoms with Crippen molar-refractivity contribution in [2.24, 2.45) is 0 Å². The summed E-state index contributed by atoms with van der Waals surface area (Å²) in [5.41, 5.74) is 1.11. The van der Waals surface area contributed by atoms with Crippen LogP contribution in [0.2, 0.25) is 0 Å². The van der Waals surface area contributed by atoms with Crippen molar-refractivity contribution in [2.45, 2.75) is 37.9 Å². The number of carbonyl (C=O) groups is 1. The first kappa shape index (κ1) is 21.6. The topological polar surface area (TPSA) is 117 Å². The van der Waals surface area contributed by atoms with E-state index < -0.39 is 21.7 Å². The number of carbonyl (C=O) groups excluding carboxylic acids is 1. The summed E-state index contributed by atoms with van der Waals surface area (Å²) in [5.74, 6) is -0.696. The highest BCUT2D eigenvalue weighted by atomic mass is 32.2. The van der Waals surface area contributed by atoms with Gasteiger partial charge in [-0.25, -0.2) is 17.9 Å². The molecule has 0 fully saturated rings. The standard InChI is InChI=1S/C20H22N2O7S/c1-13(2)28-15-6-4-14(5-7-15)11-21-30(25,26)16-8-9-17-18(10-16)29-20(24)22(17)12-19(23)27-3/h4-10,13,21H,11-12H2,1-3H3. The molecule has 0 aliphatic heterocycles. The van der Waals surface area contributed by atoms with E-state index in [1.54, 1.807) is 24.3 Å². The van der Waals surface area contributed by atoms with E-state index in [-0.39, 0.29) is 29.7 Å². The molecule has 0 aliphatic carbocycles. The molecule has 1 heterocycles. The van der Waals surface area contributed by atoms with E-state index in [0.29, 0.717) is 11.3 Å². The van der Waals surface area contributed by atoms with Crippen LogP contribution in [0.3, 0.4) is 0 Å². The SMILES string of the molecule is COC(=O)Cn1c(=O)oc2cc(S(=O)(=O)NCc3ccc(OC(C)C)cc3)ccc21. The van der Waals surface area contributed by atoms with Crippen LogP contribution < -0.4 is 15.2 Å². The molecule has 0 spiro atoms. The number of oxazole rings is 1. The molecule has 3 aromatic rings. The van der Waals surface area contributed by atoms with Gasteiger partial charge in [-0.15, -0.1) is 0 Å². The van der Waals surface area contributed by atoms with E-state index in [1.807, 2.05) is 13.8 Å². The van der Waals surface area contributed by atoms with Gasteiger partial charge >= 0.3 is 11.7 Å². The van der Waals surface area contributed by atoms with Gasteiger partial charge in [-0.1, -0.05) is 12.1 Å². The van der Waals surface area contributed by atoms with Gasteiger partial charge in [0.15, 0.2) is 5.58 Å². The predicted molar refractivity (Wildman–Crippen MR) is 109 cm³/mol. The van der Waals surface area contributed by atoms with Gasteiger partial charge in [0.25, 0.3) is 0 Å². The van der Waals surface area contributed by atoms with Gasteiger partial charge in [0.2, 0.25) is 10.0 Å². The van der Waals surface area contributed by atoms with Crippen molar-refractivity contribution in [3.05, 3.63) is 58.6 Å². The Bertz CT molecular complexity index is 1210. The number of benzene rings is 2. The smallest absolute Gasteiger partial charge is 0.420 e. The second-order valence-electron chi connectivity index (χ2n) is 6.79. The normalized spacial score (nSPS) is 11.7. The molecule has 0 amide bonds. The van der Waals surface area contributed by atoms with Crippen LogP contribution in [0.1, 0.15) is 19.4 Å². The number of nitrogens with one attached hydrogen (secondary N) is 1. The number of hydrogen-bond acceptors (Lipinski definition) is 7. The molecular weight excluding hydrogens is 412 g/mol. The van der Waals surface area contributed by atoms with Crippen molar-refractivity contribution >= 4 is 27.1 Å². The molecule has 9 nitrogen and oxygen atoms in total. The highest BCUT2D eigenvalue weighted by Crippen LogP contribution is 2.19. The van der Waals surface area contributed by atoms with Gasteiger partial charge in [-0.05, 0) is 43.7 Å². The Morgan fingerprint density at radius 2 is 1.87 bits per heavy atom. The molecule has 1 aromatic heterocycles. The van der Waals surface area contributed by atoms with Gasteiger partial charge < -0.3 is 13.9 Å². The summed E-state index contributed by atoms with van der Waals surface area (Å²) < 4.78 is 44.1. The van der Waals surface area contributed by atoms with Crippen molar-refractivity contribution in [3.8, 4) is 5.75 Å². The van der Waals surface area contributed by atoms with Crippen LogP contribution in [-0.2, 0) is 32.6 Å². The lowest BCUT2D eigenvalue weighted by Crippen LogP contribution is -2.23. The summed E-state index contributed by atoms with van der Waals surface area (Å²) >= 11 is 0. The van der Waals surface area contributed by atoms with Crippen molar-refractivity contribution in [2.75, 3.05) is 7.11 Å². The number of ether oxygens (including phenoxy) is 2. The first-order valence-corrected chi connectivity index (χ1v) is 10.6. The van der Waals surface area contributed by atoms with Crippen LogP contribution in [0.15, 0.2) is 56.6 Å². The number of hydrogen-bond donors (Lipinski definition) is 1. The van der Waals surface area contributed by atoms with Crippen LogP contribution in [0.4, 0.5) is 0 Å². The highest BCUT2D eigenvalue weighted by molar-refractivity contribution is 7.89. The van der Waals surface area contributed by atoms with Crippen molar-refractivity contribution in [1.82, 2.24) is 9.29 Å². The number of methoxy groups -OCH3 is 1. The minimum absolute atomic E-state index is 0.0480. The number of fused-ring (bicyclic) bond motifs is 1. The maximum absolute atomic E-state index is 12.6. The Hall–Kier alpha value is -3.11. The van der Waals surface area contributed by atoms with Crippen LogP contribution in [0.25, 0.3) is 11.1 Å². The van der Waals surface area contributed by atoms with E-state index in [4.69, 9.17) is 9.15 Å². The Morgan fingerprint density at radius 3 is 2.50 bits per heavy atom. The number of aromatic nitrogens is 1. The van der Waals surface area contributed by atoms with E-state index in [9.17, 15) is 18.0 Å². The minimum Gasteiger partial charge on any atom is -0.491 e. The van der Waals surface area contributed by atoms with Gasteiger partial charge in [0.05, 0.1) is 23.6 Å². The fourth-order valence-electron chi connectivity index (χ4n) is 2.78. The predicted octanol–water partition coefficient (Wildman–Crippen LogP) is 2.03. The quantitative estimate of drug-likeness (QED) is 0.539. The average molecular weight is 434 g/mol. The highest BCUT2D eigenvalue weighted by Gasteiger charge is 2.18. The van der Waals surface area contributed by atoms with E-state index in [0.717, 1.165) is 10.1 Å². The second-order valence-corrected chi connectivity index (χ2v) is 8.56. The van der Waals surface area contributed by atoms with Crippen molar-refractivity contribution < 1.29 is 27.1 Å². The zero-order chi connectivity index (χ0) is 21.9. The number of sulfonamides is 1. The van der Waals surface area contributed by atoms with Gasteiger partial charge in [-0.2, -0.15) is 0 Å². The average Bonchev–Trinajstić information content (AvgIpc) is 3.01. The Kier molecular flexibility index (Phi) is 6.28. The fraction of sp³-hybridized carbons (Fsp3) is 0.300. The van der Waals surface area contributed by atoms with Crippen molar-refractivity contribution in [1.29, 1.82) is 0 Å². The molecule has 1 N–H and O–H groups in total.